The number of anilines is 3. The average molecular weight is 501 g/mol. The third-order valence-corrected chi connectivity index (χ3v) is 6.38. The largest absolute Gasteiger partial charge is 0.462 e. The van der Waals surface area contributed by atoms with Gasteiger partial charge in [-0.15, -0.1) is 0 Å². The number of benzene rings is 3. The monoisotopic (exact) mass is 500 g/mol. The van der Waals surface area contributed by atoms with Crippen molar-refractivity contribution in [3.8, 4) is 0 Å². The van der Waals surface area contributed by atoms with Crippen LogP contribution >= 0.6 is 0 Å². The fourth-order valence-electron chi connectivity index (χ4n) is 4.25. The summed E-state index contributed by atoms with van der Waals surface area (Å²) in [5, 5.41) is 5.57. The molecule has 37 heavy (non-hydrogen) atoms. The molecule has 0 spiro atoms. The van der Waals surface area contributed by atoms with Gasteiger partial charge in [-0.25, -0.2) is 9.59 Å². The molecule has 0 saturated carbocycles. The molecule has 0 atom stereocenters. The van der Waals surface area contributed by atoms with Crippen LogP contribution in [0.2, 0.25) is 0 Å². The Kier molecular flexibility index (Phi) is 8.40. The highest BCUT2D eigenvalue weighted by Gasteiger charge is 2.22. The first kappa shape index (κ1) is 25.8. The van der Waals surface area contributed by atoms with Gasteiger partial charge in [0, 0.05) is 43.2 Å². The van der Waals surface area contributed by atoms with Crippen LogP contribution in [0.4, 0.5) is 21.9 Å². The summed E-state index contributed by atoms with van der Waals surface area (Å²) >= 11 is 0. The number of amides is 3. The quantitative estimate of drug-likeness (QED) is 0.459. The molecule has 1 fully saturated rings. The summed E-state index contributed by atoms with van der Waals surface area (Å²) < 4.78 is 4.96. The molecule has 3 aromatic carbocycles. The molecule has 3 amide bonds. The van der Waals surface area contributed by atoms with Crippen LogP contribution in [0.1, 0.15) is 28.4 Å². The molecule has 3 aromatic rings. The second-order valence-corrected chi connectivity index (χ2v) is 8.89. The van der Waals surface area contributed by atoms with Crippen molar-refractivity contribution in [3.05, 3.63) is 89.5 Å². The molecular formula is C29H32N4O4. The Morgan fingerprint density at radius 1 is 0.811 bits per heavy atom. The molecule has 8 heteroatoms. The summed E-state index contributed by atoms with van der Waals surface area (Å²) in [6.07, 6.45) is 0.435. The summed E-state index contributed by atoms with van der Waals surface area (Å²) in [7, 11) is 0. The van der Waals surface area contributed by atoms with Crippen LogP contribution in [-0.4, -0.2) is 55.6 Å². The lowest BCUT2D eigenvalue weighted by atomic mass is 10.1. The topological polar surface area (TPSA) is 91.0 Å². The van der Waals surface area contributed by atoms with Crippen molar-refractivity contribution in [2.24, 2.45) is 0 Å². The third-order valence-electron chi connectivity index (χ3n) is 6.38. The summed E-state index contributed by atoms with van der Waals surface area (Å²) in [6, 6.07) is 21.8. The first-order valence-electron chi connectivity index (χ1n) is 12.5. The molecule has 1 saturated heterocycles. The third kappa shape index (κ3) is 6.88. The number of nitrogens with zero attached hydrogens (tertiary/aromatic N) is 2. The molecule has 2 N–H and O–H groups in total. The van der Waals surface area contributed by atoms with Gasteiger partial charge >= 0.3 is 12.0 Å². The number of aryl methyl sites for hydroxylation is 1. The molecule has 1 heterocycles. The van der Waals surface area contributed by atoms with Crippen LogP contribution in [0, 0.1) is 6.92 Å². The lowest BCUT2D eigenvalue weighted by Crippen LogP contribution is -2.49. The molecule has 4 rings (SSSR count). The maximum Gasteiger partial charge on any atom is 0.338 e. The van der Waals surface area contributed by atoms with Gasteiger partial charge in [-0.1, -0.05) is 24.3 Å². The van der Waals surface area contributed by atoms with E-state index >= 15 is 0 Å². The molecule has 0 radical (unpaired) electrons. The minimum Gasteiger partial charge on any atom is -0.462 e. The number of urea groups is 1. The van der Waals surface area contributed by atoms with E-state index in [9.17, 15) is 14.4 Å². The highest BCUT2D eigenvalue weighted by Crippen LogP contribution is 2.21. The van der Waals surface area contributed by atoms with Crippen molar-refractivity contribution < 1.29 is 19.1 Å². The van der Waals surface area contributed by atoms with Gasteiger partial charge in [-0.2, -0.15) is 0 Å². The smallest absolute Gasteiger partial charge is 0.338 e. The van der Waals surface area contributed by atoms with Gasteiger partial charge in [0.15, 0.2) is 0 Å². The second kappa shape index (κ2) is 12.1. The van der Waals surface area contributed by atoms with Gasteiger partial charge in [0.2, 0.25) is 5.91 Å². The maximum absolute atomic E-state index is 12.8. The van der Waals surface area contributed by atoms with Crippen molar-refractivity contribution in [3.63, 3.8) is 0 Å². The molecule has 0 bridgehead atoms. The SMILES string of the molecule is CCOC(=O)c1ccc(NC(=O)Nc2ccc(N3CCN(C(=O)Cc4ccccc4C)CC3)cc2)cc1. The minimum atomic E-state index is -0.395. The zero-order chi connectivity index (χ0) is 26.2. The maximum atomic E-state index is 12.8. The van der Waals surface area contributed by atoms with E-state index in [0.717, 1.165) is 29.9 Å². The van der Waals surface area contributed by atoms with Gasteiger partial charge in [0.1, 0.15) is 0 Å². The lowest BCUT2D eigenvalue weighted by molar-refractivity contribution is -0.130. The molecular weight excluding hydrogens is 468 g/mol. The molecule has 0 unspecified atom stereocenters. The van der Waals surface area contributed by atoms with E-state index in [4.69, 9.17) is 4.74 Å². The zero-order valence-corrected chi connectivity index (χ0v) is 21.2. The highest BCUT2D eigenvalue weighted by molar-refractivity contribution is 6.00. The fraction of sp³-hybridized carbons (Fsp3) is 0.276. The van der Waals surface area contributed by atoms with E-state index in [1.165, 1.54) is 0 Å². The Hall–Kier alpha value is -4.33. The lowest BCUT2D eigenvalue weighted by Gasteiger charge is -2.36. The van der Waals surface area contributed by atoms with Crippen molar-refractivity contribution in [1.82, 2.24) is 4.90 Å². The van der Waals surface area contributed by atoms with Gasteiger partial charge < -0.3 is 25.2 Å². The summed E-state index contributed by atoms with van der Waals surface area (Å²) in [5.74, 6) is -0.232. The number of esters is 1. The number of hydrogen-bond donors (Lipinski definition) is 2. The summed E-state index contributed by atoms with van der Waals surface area (Å²) in [6.45, 7) is 6.98. The second-order valence-electron chi connectivity index (χ2n) is 8.89. The van der Waals surface area contributed by atoms with Gasteiger partial charge in [-0.3, -0.25) is 4.79 Å². The summed E-state index contributed by atoms with van der Waals surface area (Å²) in [5.41, 5.74) is 4.93. The first-order valence-corrected chi connectivity index (χ1v) is 12.5. The van der Waals surface area contributed by atoms with Crippen LogP contribution in [0.15, 0.2) is 72.8 Å². The van der Waals surface area contributed by atoms with E-state index in [2.05, 4.69) is 15.5 Å². The minimum absolute atomic E-state index is 0.162. The van der Waals surface area contributed by atoms with Crippen molar-refractivity contribution >= 4 is 35.0 Å². The number of nitrogens with one attached hydrogen (secondary N) is 2. The Morgan fingerprint density at radius 2 is 1.41 bits per heavy atom. The predicted molar refractivity (Wildman–Crippen MR) is 145 cm³/mol. The number of piperazine rings is 1. The Morgan fingerprint density at radius 3 is 2.00 bits per heavy atom. The van der Waals surface area contributed by atoms with E-state index in [-0.39, 0.29) is 11.9 Å². The van der Waals surface area contributed by atoms with E-state index < -0.39 is 5.97 Å². The van der Waals surface area contributed by atoms with E-state index in [0.29, 0.717) is 43.1 Å². The normalized spacial score (nSPS) is 13.1. The molecule has 0 aromatic heterocycles. The standard InChI is InChI=1S/C29H32N4O4/c1-3-37-28(35)22-8-10-24(11-9-22)30-29(36)31-25-12-14-26(15-13-25)32-16-18-33(19-17-32)27(34)20-23-7-5-4-6-21(23)2/h4-15H,3,16-20H2,1-2H3,(H2,30,31,36). The number of rotatable bonds is 7. The first-order chi connectivity index (χ1) is 17.9. The number of carbonyl (C=O) groups excluding carboxylic acids is 3. The molecule has 0 aliphatic carbocycles. The Balaban J connectivity index is 1.24. The molecule has 192 valence electrons. The molecule has 8 nitrogen and oxygen atoms in total. The zero-order valence-electron chi connectivity index (χ0n) is 21.2. The average Bonchev–Trinajstić information content (AvgIpc) is 2.91. The van der Waals surface area contributed by atoms with Crippen LogP contribution in [0.3, 0.4) is 0 Å². The fourth-order valence-corrected chi connectivity index (χ4v) is 4.25. The van der Waals surface area contributed by atoms with Crippen molar-refractivity contribution in [2.45, 2.75) is 20.3 Å². The van der Waals surface area contributed by atoms with E-state index in [1.54, 1.807) is 31.2 Å². The Bertz CT molecular complexity index is 1230. The molecule has 1 aliphatic heterocycles. The van der Waals surface area contributed by atoms with Gasteiger partial charge in [0.25, 0.3) is 0 Å². The van der Waals surface area contributed by atoms with Gasteiger partial charge in [0.05, 0.1) is 18.6 Å². The molecule has 1 aliphatic rings. The van der Waals surface area contributed by atoms with Gasteiger partial charge in [-0.05, 0) is 73.5 Å². The van der Waals surface area contributed by atoms with Crippen LogP contribution in [-0.2, 0) is 16.0 Å². The number of hydrogen-bond acceptors (Lipinski definition) is 5. The summed E-state index contributed by atoms with van der Waals surface area (Å²) in [4.78, 5) is 41.1. The van der Waals surface area contributed by atoms with E-state index in [1.807, 2.05) is 60.4 Å². The number of carbonyl (C=O) groups is 3. The highest BCUT2D eigenvalue weighted by atomic mass is 16.5. The van der Waals surface area contributed by atoms with Crippen LogP contribution in [0.5, 0.6) is 0 Å². The predicted octanol–water partition coefficient (Wildman–Crippen LogP) is 4.71. The van der Waals surface area contributed by atoms with Crippen molar-refractivity contribution in [2.75, 3.05) is 48.3 Å². The van der Waals surface area contributed by atoms with Crippen LogP contribution in [0.25, 0.3) is 0 Å². The number of ether oxygens (including phenoxy) is 1. The Labute approximate surface area is 217 Å². The van der Waals surface area contributed by atoms with Crippen molar-refractivity contribution in [1.29, 1.82) is 0 Å². The van der Waals surface area contributed by atoms with Crippen LogP contribution < -0.4 is 15.5 Å².